The molecule has 1 amide bonds. The molecule has 2 fully saturated rings. The third-order valence-corrected chi connectivity index (χ3v) is 17.9. The number of hydrogen-bond acceptors (Lipinski definition) is 13. The molecule has 0 radical (unpaired) electrons. The standard InChI is InChI=1S/C76H137NO13/c1-3-5-7-9-11-13-15-17-19-21-23-24-25-26-27-28-29-30-31-32-33-34-35-36-37-38-39-40-42-44-46-48-50-52-54-56-58-60-68(81)77-64(65(80)59-57-55-53-51-49-47-45-43-41-22-20-18-16-14-12-10-8-6-4-2)63-87-75-73(86)71(84)74(67(62-79)89-75)90-76-72(85)70(83)69(82)66(61-78)88-76/h5,7,11,13,17,19,23-24,26-27,57,59,64-67,69-76,78-80,82-86H,3-4,6,8-10,12,14-16,18,20-22,25,28-56,58,60-63H2,1-2H3,(H,77,81)/b7-5-,13-11-,19-17-,24-23-,27-26-,59-57+. The van der Waals surface area contributed by atoms with Gasteiger partial charge in [-0.2, -0.15) is 0 Å². The number of carbonyl (C=O) groups is 1. The van der Waals surface area contributed by atoms with E-state index in [2.05, 4.69) is 79.9 Å². The lowest BCUT2D eigenvalue weighted by Crippen LogP contribution is -2.65. The summed E-state index contributed by atoms with van der Waals surface area (Å²) in [6.07, 6.45) is 65.4. The van der Waals surface area contributed by atoms with Gasteiger partial charge in [0, 0.05) is 6.42 Å². The van der Waals surface area contributed by atoms with Crippen molar-refractivity contribution in [3.05, 3.63) is 72.9 Å². The lowest BCUT2D eigenvalue weighted by molar-refractivity contribution is -0.359. The Morgan fingerprint density at radius 2 is 0.767 bits per heavy atom. The number of ether oxygens (including phenoxy) is 4. The third kappa shape index (κ3) is 43.4. The molecule has 0 spiro atoms. The van der Waals surface area contributed by atoms with Crippen LogP contribution in [-0.4, -0.2) is 140 Å². The molecule has 0 aromatic rings. The fraction of sp³-hybridized carbons (Fsp3) is 0.829. The first-order chi connectivity index (χ1) is 44.1. The van der Waals surface area contributed by atoms with Gasteiger partial charge in [-0.25, -0.2) is 0 Å². The maximum atomic E-state index is 13.3. The Labute approximate surface area is 548 Å². The summed E-state index contributed by atoms with van der Waals surface area (Å²) in [7, 11) is 0. The second kappa shape index (κ2) is 60.1. The lowest BCUT2D eigenvalue weighted by atomic mass is 9.97. The molecule has 2 saturated heterocycles. The summed E-state index contributed by atoms with van der Waals surface area (Å²) in [6, 6.07) is -0.916. The van der Waals surface area contributed by atoms with Crippen LogP contribution in [0.2, 0.25) is 0 Å². The summed E-state index contributed by atoms with van der Waals surface area (Å²) in [5, 5.41) is 87.5. The monoisotopic (exact) mass is 1270 g/mol. The van der Waals surface area contributed by atoms with Crippen molar-refractivity contribution in [2.45, 2.75) is 383 Å². The zero-order valence-electron chi connectivity index (χ0n) is 57.1. The van der Waals surface area contributed by atoms with Gasteiger partial charge in [-0.15, -0.1) is 0 Å². The molecular weight excluding hydrogens is 1130 g/mol. The van der Waals surface area contributed by atoms with Crippen molar-refractivity contribution < 1.29 is 64.6 Å². The van der Waals surface area contributed by atoms with Crippen molar-refractivity contribution in [1.82, 2.24) is 5.32 Å². The van der Waals surface area contributed by atoms with Crippen molar-refractivity contribution in [2.24, 2.45) is 0 Å². The van der Waals surface area contributed by atoms with Gasteiger partial charge < -0.3 is 65.1 Å². The van der Waals surface area contributed by atoms with Crippen molar-refractivity contribution in [3.8, 4) is 0 Å². The number of aliphatic hydroxyl groups is 8. The van der Waals surface area contributed by atoms with Crippen molar-refractivity contribution in [3.63, 3.8) is 0 Å². The molecule has 12 atom stereocenters. The third-order valence-electron chi connectivity index (χ3n) is 17.9. The van der Waals surface area contributed by atoms with E-state index < -0.39 is 86.8 Å². The van der Waals surface area contributed by atoms with Gasteiger partial charge in [0.25, 0.3) is 0 Å². The molecule has 12 unspecified atom stereocenters. The molecular formula is C76H137NO13. The molecule has 0 aromatic heterocycles. The Morgan fingerprint density at radius 1 is 0.411 bits per heavy atom. The normalized spacial score (nSPS) is 23.3. The highest BCUT2D eigenvalue weighted by Crippen LogP contribution is 2.30. The topological polar surface area (TPSA) is 228 Å². The molecule has 0 bridgehead atoms. The first-order valence-electron chi connectivity index (χ1n) is 37.2. The largest absolute Gasteiger partial charge is 0.394 e. The van der Waals surface area contributed by atoms with E-state index in [-0.39, 0.29) is 18.9 Å². The number of allylic oxidation sites excluding steroid dienone is 11. The van der Waals surface area contributed by atoms with E-state index in [1.165, 1.54) is 212 Å². The molecule has 0 aliphatic carbocycles. The molecule has 0 aromatic carbocycles. The number of amides is 1. The SMILES string of the molecule is CC/C=C\C/C=C\C/C=C\C/C=C\C/C=C\CCCCCCCCCCCCCCCCCCCCCCCC(=O)NC(COC1OC(CO)C(OC2OC(CO)C(O)C(O)C2O)C(O)C1O)C(O)/C=C/CCCCCCCCCCCCCCCCCCC. The van der Waals surface area contributed by atoms with E-state index in [4.69, 9.17) is 18.9 Å². The van der Waals surface area contributed by atoms with Crippen LogP contribution >= 0.6 is 0 Å². The van der Waals surface area contributed by atoms with Crippen molar-refractivity contribution in [2.75, 3.05) is 19.8 Å². The second-order valence-electron chi connectivity index (χ2n) is 26.0. The van der Waals surface area contributed by atoms with E-state index in [1.54, 1.807) is 6.08 Å². The highest BCUT2D eigenvalue weighted by molar-refractivity contribution is 5.76. The minimum Gasteiger partial charge on any atom is -0.394 e. The van der Waals surface area contributed by atoms with Crippen LogP contribution in [0.4, 0.5) is 0 Å². The van der Waals surface area contributed by atoms with Crippen LogP contribution in [-0.2, 0) is 23.7 Å². The van der Waals surface area contributed by atoms with Gasteiger partial charge in [-0.1, -0.05) is 311 Å². The van der Waals surface area contributed by atoms with E-state index in [0.29, 0.717) is 6.42 Å². The summed E-state index contributed by atoms with van der Waals surface area (Å²) in [4.78, 5) is 13.3. The fourth-order valence-corrected chi connectivity index (χ4v) is 12.0. The number of aliphatic hydroxyl groups excluding tert-OH is 8. The lowest BCUT2D eigenvalue weighted by Gasteiger charge is -2.46. The number of nitrogens with one attached hydrogen (secondary N) is 1. The van der Waals surface area contributed by atoms with Crippen molar-refractivity contribution >= 4 is 5.91 Å². The van der Waals surface area contributed by atoms with Gasteiger partial charge in [-0.3, -0.25) is 4.79 Å². The average Bonchev–Trinajstić information content (AvgIpc) is 1.58. The highest BCUT2D eigenvalue weighted by Gasteiger charge is 2.51. The van der Waals surface area contributed by atoms with E-state index in [9.17, 15) is 45.6 Å². The van der Waals surface area contributed by atoms with Gasteiger partial charge in [0.15, 0.2) is 12.6 Å². The molecule has 2 rings (SSSR count). The number of hydrogen-bond donors (Lipinski definition) is 9. The minimum absolute atomic E-state index is 0.235. The Morgan fingerprint density at radius 3 is 1.18 bits per heavy atom. The van der Waals surface area contributed by atoms with E-state index in [0.717, 1.165) is 70.6 Å². The summed E-state index contributed by atoms with van der Waals surface area (Å²) in [5.74, 6) is -0.235. The zero-order chi connectivity index (χ0) is 65.2. The smallest absolute Gasteiger partial charge is 0.220 e. The number of rotatable bonds is 61. The van der Waals surface area contributed by atoms with Crippen LogP contribution < -0.4 is 5.32 Å². The quantitative estimate of drug-likeness (QED) is 0.0204. The predicted octanol–water partition coefficient (Wildman–Crippen LogP) is 15.8. The van der Waals surface area contributed by atoms with Gasteiger partial charge in [0.2, 0.25) is 5.91 Å². The zero-order valence-corrected chi connectivity index (χ0v) is 57.1. The van der Waals surface area contributed by atoms with Crippen LogP contribution in [0, 0.1) is 0 Å². The van der Waals surface area contributed by atoms with Crippen LogP contribution in [0.25, 0.3) is 0 Å². The minimum atomic E-state index is -1.79. The molecule has 2 heterocycles. The average molecular weight is 1270 g/mol. The fourth-order valence-electron chi connectivity index (χ4n) is 12.0. The Balaban J connectivity index is 1.60. The van der Waals surface area contributed by atoms with Gasteiger partial charge in [0.05, 0.1) is 32.0 Å². The summed E-state index contributed by atoms with van der Waals surface area (Å²) in [5.41, 5.74) is 0. The van der Waals surface area contributed by atoms with Crippen LogP contribution in [0.5, 0.6) is 0 Å². The maximum Gasteiger partial charge on any atom is 0.220 e. The predicted molar refractivity (Wildman–Crippen MR) is 369 cm³/mol. The van der Waals surface area contributed by atoms with E-state index >= 15 is 0 Å². The van der Waals surface area contributed by atoms with Crippen LogP contribution in [0.3, 0.4) is 0 Å². The summed E-state index contributed by atoms with van der Waals surface area (Å²) < 4.78 is 22.9. The molecule has 0 saturated carbocycles. The first kappa shape index (κ1) is 83.5. The Kier molecular flexibility index (Phi) is 55.8. The summed E-state index contributed by atoms with van der Waals surface area (Å²) >= 11 is 0. The van der Waals surface area contributed by atoms with Crippen LogP contribution in [0.15, 0.2) is 72.9 Å². The molecule has 9 N–H and O–H groups in total. The van der Waals surface area contributed by atoms with Gasteiger partial charge >= 0.3 is 0 Å². The molecule has 90 heavy (non-hydrogen) atoms. The maximum absolute atomic E-state index is 13.3. The molecule has 2 aliphatic rings. The molecule has 14 nitrogen and oxygen atoms in total. The first-order valence-corrected chi connectivity index (χ1v) is 37.2. The second-order valence-corrected chi connectivity index (χ2v) is 26.0. The Hall–Kier alpha value is -2.57. The summed E-state index contributed by atoms with van der Waals surface area (Å²) in [6.45, 7) is 2.72. The number of unbranched alkanes of at least 4 members (excludes halogenated alkanes) is 38. The Bertz CT molecular complexity index is 1790. The molecule has 524 valence electrons. The van der Waals surface area contributed by atoms with Gasteiger partial charge in [-0.05, 0) is 64.2 Å². The van der Waals surface area contributed by atoms with Crippen molar-refractivity contribution in [1.29, 1.82) is 0 Å². The van der Waals surface area contributed by atoms with Crippen LogP contribution in [0.1, 0.15) is 309 Å². The van der Waals surface area contributed by atoms with Gasteiger partial charge in [0.1, 0.15) is 48.8 Å². The molecule has 14 heteroatoms. The highest BCUT2D eigenvalue weighted by atomic mass is 16.7. The molecule has 2 aliphatic heterocycles. The number of carbonyl (C=O) groups excluding carboxylic acids is 1. The van der Waals surface area contributed by atoms with E-state index in [1.807, 2.05) is 6.08 Å².